The zero-order valence-corrected chi connectivity index (χ0v) is 9.76. The van der Waals surface area contributed by atoms with Gasteiger partial charge in [-0.25, -0.2) is 0 Å². The monoisotopic (exact) mass is 241 g/mol. The highest BCUT2D eigenvalue weighted by Gasteiger charge is 2.07. The summed E-state index contributed by atoms with van der Waals surface area (Å²) in [6.07, 6.45) is 1.06. The molecule has 13 heavy (non-hydrogen) atoms. The first kappa shape index (κ1) is 10.7. The van der Waals surface area contributed by atoms with Gasteiger partial charge < -0.3 is 5.73 Å². The minimum absolute atomic E-state index is 0.568. The number of halogens is 1. The maximum atomic E-state index is 5.54. The molecule has 1 atom stereocenters. The Morgan fingerprint density at radius 2 is 2.15 bits per heavy atom. The van der Waals surface area contributed by atoms with Crippen LogP contribution in [0.5, 0.6) is 0 Å². The van der Waals surface area contributed by atoms with E-state index in [9.17, 15) is 0 Å². The number of hydrogen-bond donors (Lipinski definition) is 1. The summed E-state index contributed by atoms with van der Waals surface area (Å²) in [5.41, 5.74) is 8.29. The SMILES string of the molecule is Cc1cc(Br)ccc1C(C)CCN. The van der Waals surface area contributed by atoms with E-state index in [0.29, 0.717) is 5.92 Å². The number of hydrogen-bond acceptors (Lipinski definition) is 1. The second-order valence-corrected chi connectivity index (χ2v) is 4.39. The summed E-state index contributed by atoms with van der Waals surface area (Å²) in [7, 11) is 0. The highest BCUT2D eigenvalue weighted by molar-refractivity contribution is 9.10. The molecule has 0 radical (unpaired) electrons. The van der Waals surface area contributed by atoms with Crippen molar-refractivity contribution in [3.8, 4) is 0 Å². The Labute approximate surface area is 88.5 Å². The third kappa shape index (κ3) is 2.82. The van der Waals surface area contributed by atoms with Gasteiger partial charge in [-0.15, -0.1) is 0 Å². The topological polar surface area (TPSA) is 26.0 Å². The molecular weight excluding hydrogens is 226 g/mol. The highest BCUT2D eigenvalue weighted by atomic mass is 79.9. The summed E-state index contributed by atoms with van der Waals surface area (Å²) in [5.74, 6) is 0.568. The van der Waals surface area contributed by atoms with Gasteiger partial charge >= 0.3 is 0 Å². The van der Waals surface area contributed by atoms with E-state index in [0.717, 1.165) is 17.4 Å². The Bertz CT molecular complexity index is 283. The van der Waals surface area contributed by atoms with Crippen LogP contribution in [0.1, 0.15) is 30.4 Å². The zero-order chi connectivity index (χ0) is 9.84. The maximum Gasteiger partial charge on any atom is 0.0178 e. The fourth-order valence-electron chi connectivity index (χ4n) is 1.60. The molecule has 0 bridgehead atoms. The summed E-state index contributed by atoms with van der Waals surface area (Å²) in [6, 6.07) is 6.43. The average molecular weight is 242 g/mol. The van der Waals surface area contributed by atoms with Crippen LogP contribution in [0.25, 0.3) is 0 Å². The van der Waals surface area contributed by atoms with Crippen LogP contribution in [-0.4, -0.2) is 6.54 Å². The average Bonchev–Trinajstić information content (AvgIpc) is 2.04. The van der Waals surface area contributed by atoms with Crippen LogP contribution in [-0.2, 0) is 0 Å². The number of benzene rings is 1. The van der Waals surface area contributed by atoms with Gasteiger partial charge in [0, 0.05) is 4.47 Å². The molecule has 0 aliphatic heterocycles. The normalized spacial score (nSPS) is 12.9. The Morgan fingerprint density at radius 3 is 2.69 bits per heavy atom. The molecule has 0 aliphatic rings. The van der Waals surface area contributed by atoms with E-state index in [1.54, 1.807) is 0 Å². The van der Waals surface area contributed by atoms with Gasteiger partial charge in [0.05, 0.1) is 0 Å². The maximum absolute atomic E-state index is 5.54. The van der Waals surface area contributed by atoms with Crippen molar-refractivity contribution in [2.45, 2.75) is 26.2 Å². The lowest BCUT2D eigenvalue weighted by atomic mass is 9.94. The van der Waals surface area contributed by atoms with Crippen molar-refractivity contribution < 1.29 is 0 Å². The van der Waals surface area contributed by atoms with Crippen molar-refractivity contribution in [3.05, 3.63) is 33.8 Å². The molecule has 0 aromatic heterocycles. The van der Waals surface area contributed by atoms with E-state index < -0.39 is 0 Å². The summed E-state index contributed by atoms with van der Waals surface area (Å²) in [6.45, 7) is 5.13. The molecular formula is C11H16BrN. The fourth-order valence-corrected chi connectivity index (χ4v) is 2.07. The predicted octanol–water partition coefficient (Wildman–Crippen LogP) is 3.21. The van der Waals surface area contributed by atoms with E-state index in [1.165, 1.54) is 11.1 Å². The van der Waals surface area contributed by atoms with Crippen LogP contribution in [0.2, 0.25) is 0 Å². The van der Waals surface area contributed by atoms with Crippen LogP contribution in [0.15, 0.2) is 22.7 Å². The van der Waals surface area contributed by atoms with Crippen molar-refractivity contribution in [2.24, 2.45) is 5.73 Å². The van der Waals surface area contributed by atoms with Crippen LogP contribution in [0.3, 0.4) is 0 Å². The van der Waals surface area contributed by atoms with E-state index in [1.807, 2.05) is 0 Å². The molecule has 1 unspecified atom stereocenters. The first-order chi connectivity index (χ1) is 6.15. The molecule has 0 spiro atoms. The molecule has 1 rings (SSSR count). The third-order valence-corrected chi connectivity index (χ3v) is 2.86. The Morgan fingerprint density at radius 1 is 1.46 bits per heavy atom. The largest absolute Gasteiger partial charge is 0.330 e. The quantitative estimate of drug-likeness (QED) is 0.865. The van der Waals surface area contributed by atoms with Gasteiger partial charge in [-0.3, -0.25) is 0 Å². The molecule has 1 nitrogen and oxygen atoms in total. The lowest BCUT2D eigenvalue weighted by Crippen LogP contribution is -2.05. The molecule has 1 aromatic rings. The minimum atomic E-state index is 0.568. The minimum Gasteiger partial charge on any atom is -0.330 e. The molecule has 0 amide bonds. The standard InChI is InChI=1S/C11H16BrN/c1-8(5-6-13)11-4-3-10(12)7-9(11)2/h3-4,7-8H,5-6,13H2,1-2H3. The molecule has 72 valence electrons. The molecule has 0 saturated heterocycles. The second kappa shape index (κ2) is 4.77. The van der Waals surface area contributed by atoms with Gasteiger partial charge in [0.2, 0.25) is 0 Å². The van der Waals surface area contributed by atoms with E-state index in [2.05, 4.69) is 48.0 Å². The summed E-state index contributed by atoms with van der Waals surface area (Å²) in [5, 5.41) is 0. The van der Waals surface area contributed by atoms with Crippen molar-refractivity contribution in [1.29, 1.82) is 0 Å². The van der Waals surface area contributed by atoms with Crippen LogP contribution in [0.4, 0.5) is 0 Å². The zero-order valence-electron chi connectivity index (χ0n) is 8.18. The molecule has 2 N–H and O–H groups in total. The van der Waals surface area contributed by atoms with Gasteiger partial charge in [-0.1, -0.05) is 28.9 Å². The van der Waals surface area contributed by atoms with Crippen molar-refractivity contribution in [1.82, 2.24) is 0 Å². The second-order valence-electron chi connectivity index (χ2n) is 3.48. The van der Waals surface area contributed by atoms with E-state index >= 15 is 0 Å². The van der Waals surface area contributed by atoms with Crippen LogP contribution in [0, 0.1) is 6.92 Å². The Balaban J connectivity index is 2.88. The summed E-state index contributed by atoms with van der Waals surface area (Å²) >= 11 is 3.46. The van der Waals surface area contributed by atoms with Gasteiger partial charge in [0.15, 0.2) is 0 Å². The molecule has 0 aliphatic carbocycles. The summed E-state index contributed by atoms with van der Waals surface area (Å²) in [4.78, 5) is 0. The molecule has 0 saturated carbocycles. The number of nitrogens with two attached hydrogens (primary N) is 1. The lowest BCUT2D eigenvalue weighted by Gasteiger charge is -2.13. The van der Waals surface area contributed by atoms with Gasteiger partial charge in [0.25, 0.3) is 0 Å². The van der Waals surface area contributed by atoms with E-state index in [-0.39, 0.29) is 0 Å². The van der Waals surface area contributed by atoms with Gasteiger partial charge in [-0.2, -0.15) is 0 Å². The van der Waals surface area contributed by atoms with E-state index in [4.69, 9.17) is 5.73 Å². The first-order valence-corrected chi connectivity index (χ1v) is 5.40. The van der Waals surface area contributed by atoms with Gasteiger partial charge in [-0.05, 0) is 49.1 Å². The lowest BCUT2D eigenvalue weighted by molar-refractivity contribution is 0.686. The van der Waals surface area contributed by atoms with Crippen molar-refractivity contribution in [2.75, 3.05) is 6.54 Å². The number of aryl methyl sites for hydroxylation is 1. The van der Waals surface area contributed by atoms with Crippen LogP contribution < -0.4 is 5.73 Å². The molecule has 0 fully saturated rings. The highest BCUT2D eigenvalue weighted by Crippen LogP contribution is 2.24. The number of rotatable bonds is 3. The fraction of sp³-hybridized carbons (Fsp3) is 0.455. The van der Waals surface area contributed by atoms with Gasteiger partial charge in [0.1, 0.15) is 0 Å². The third-order valence-electron chi connectivity index (χ3n) is 2.36. The first-order valence-electron chi connectivity index (χ1n) is 4.61. The smallest absolute Gasteiger partial charge is 0.0178 e. The molecule has 0 heterocycles. The predicted molar refractivity (Wildman–Crippen MR) is 61.0 cm³/mol. The molecule has 1 aromatic carbocycles. The van der Waals surface area contributed by atoms with Crippen LogP contribution >= 0.6 is 15.9 Å². The van der Waals surface area contributed by atoms with Crippen molar-refractivity contribution in [3.63, 3.8) is 0 Å². The van der Waals surface area contributed by atoms with Crippen molar-refractivity contribution >= 4 is 15.9 Å². The molecule has 2 heteroatoms. The summed E-state index contributed by atoms with van der Waals surface area (Å²) < 4.78 is 1.15. The Kier molecular flexibility index (Phi) is 3.94. The Hall–Kier alpha value is -0.340.